The molecule has 1 amide bonds. The minimum atomic E-state index is -0.203. The van der Waals surface area contributed by atoms with Crippen molar-refractivity contribution in [1.82, 2.24) is 0 Å². The van der Waals surface area contributed by atoms with Crippen molar-refractivity contribution in [3.63, 3.8) is 0 Å². The molecule has 2 aliphatic carbocycles. The van der Waals surface area contributed by atoms with E-state index < -0.39 is 0 Å². The first-order chi connectivity index (χ1) is 5.96. The van der Waals surface area contributed by atoms with Crippen molar-refractivity contribution in [3.8, 4) is 0 Å². The number of carbonyl (C=O) groups is 1. The molecular weight excluding hydrogens is 162 g/mol. The standard InChI is InChI=1S/C11H19NO/c1-10-5-3-4-8(6-10)11(2,7-10)9(12)13/h8H,3-7H2,1-2H3,(H2,12,13). The lowest BCUT2D eigenvalue weighted by atomic mass is 9.76. The third-order valence-corrected chi connectivity index (χ3v) is 4.33. The molecule has 2 N–H and O–H groups in total. The number of hydrogen-bond donors (Lipinski definition) is 1. The molecule has 2 bridgehead atoms. The summed E-state index contributed by atoms with van der Waals surface area (Å²) in [7, 11) is 0. The molecule has 13 heavy (non-hydrogen) atoms. The van der Waals surface area contributed by atoms with Gasteiger partial charge in [0.05, 0.1) is 0 Å². The van der Waals surface area contributed by atoms with Crippen LogP contribution in [0.4, 0.5) is 0 Å². The van der Waals surface area contributed by atoms with Crippen LogP contribution in [0.2, 0.25) is 0 Å². The molecule has 0 spiro atoms. The van der Waals surface area contributed by atoms with E-state index in [4.69, 9.17) is 5.73 Å². The molecule has 3 atom stereocenters. The highest BCUT2D eigenvalue weighted by Gasteiger charge is 2.54. The third-order valence-electron chi connectivity index (χ3n) is 4.33. The fourth-order valence-electron chi connectivity index (χ4n) is 3.60. The van der Waals surface area contributed by atoms with Crippen molar-refractivity contribution >= 4 is 5.91 Å². The molecule has 0 aliphatic heterocycles. The second-order valence-corrected chi connectivity index (χ2v) is 5.56. The zero-order valence-electron chi connectivity index (χ0n) is 8.60. The third kappa shape index (κ3) is 1.18. The van der Waals surface area contributed by atoms with Gasteiger partial charge in [-0.25, -0.2) is 0 Å². The second kappa shape index (κ2) is 2.49. The predicted molar refractivity (Wildman–Crippen MR) is 52.0 cm³/mol. The van der Waals surface area contributed by atoms with Gasteiger partial charge in [-0.2, -0.15) is 0 Å². The second-order valence-electron chi connectivity index (χ2n) is 5.56. The normalized spacial score (nSPS) is 49.2. The zero-order valence-corrected chi connectivity index (χ0v) is 8.60. The molecule has 74 valence electrons. The SMILES string of the molecule is CC12CCCC(C1)C(C)(C(N)=O)C2. The van der Waals surface area contributed by atoms with Crippen LogP contribution in [0.3, 0.4) is 0 Å². The molecular formula is C11H19NO. The highest BCUT2D eigenvalue weighted by atomic mass is 16.1. The topological polar surface area (TPSA) is 43.1 Å². The molecule has 2 aliphatic rings. The molecule has 2 fully saturated rings. The van der Waals surface area contributed by atoms with Crippen molar-refractivity contribution in [2.75, 3.05) is 0 Å². The summed E-state index contributed by atoms with van der Waals surface area (Å²) in [6, 6.07) is 0. The summed E-state index contributed by atoms with van der Waals surface area (Å²) in [5, 5.41) is 0. The van der Waals surface area contributed by atoms with Gasteiger partial charge in [-0.3, -0.25) is 4.79 Å². The van der Waals surface area contributed by atoms with Gasteiger partial charge in [-0.1, -0.05) is 20.3 Å². The van der Waals surface area contributed by atoms with E-state index in [1.807, 2.05) is 0 Å². The number of amides is 1. The summed E-state index contributed by atoms with van der Waals surface area (Å²) in [6.45, 7) is 4.38. The van der Waals surface area contributed by atoms with E-state index in [2.05, 4.69) is 13.8 Å². The maximum Gasteiger partial charge on any atom is 0.223 e. The number of primary amides is 1. The van der Waals surface area contributed by atoms with E-state index in [1.54, 1.807) is 0 Å². The quantitative estimate of drug-likeness (QED) is 0.661. The maximum atomic E-state index is 11.4. The van der Waals surface area contributed by atoms with E-state index in [0.29, 0.717) is 11.3 Å². The molecule has 0 saturated heterocycles. The minimum absolute atomic E-state index is 0.0804. The van der Waals surface area contributed by atoms with Gasteiger partial charge in [0.25, 0.3) is 0 Å². The van der Waals surface area contributed by atoms with Gasteiger partial charge in [0.2, 0.25) is 5.91 Å². The smallest absolute Gasteiger partial charge is 0.223 e. The molecule has 3 unspecified atom stereocenters. The van der Waals surface area contributed by atoms with Crippen LogP contribution in [0.15, 0.2) is 0 Å². The van der Waals surface area contributed by atoms with Crippen LogP contribution >= 0.6 is 0 Å². The Hall–Kier alpha value is -0.530. The van der Waals surface area contributed by atoms with Crippen LogP contribution < -0.4 is 5.73 Å². The first-order valence-electron chi connectivity index (χ1n) is 5.26. The summed E-state index contributed by atoms with van der Waals surface area (Å²) in [5.41, 5.74) is 5.71. The van der Waals surface area contributed by atoms with Crippen LogP contribution in [-0.2, 0) is 4.79 Å². The molecule has 2 saturated carbocycles. The van der Waals surface area contributed by atoms with E-state index in [9.17, 15) is 4.79 Å². The first-order valence-corrected chi connectivity index (χ1v) is 5.26. The van der Waals surface area contributed by atoms with Gasteiger partial charge in [-0.05, 0) is 37.0 Å². The number of fused-ring (bicyclic) bond motifs is 2. The molecule has 0 heterocycles. The summed E-state index contributed by atoms with van der Waals surface area (Å²) < 4.78 is 0. The molecule has 0 radical (unpaired) electrons. The lowest BCUT2D eigenvalue weighted by molar-refractivity contribution is -0.128. The fraction of sp³-hybridized carbons (Fsp3) is 0.909. The van der Waals surface area contributed by atoms with Crippen molar-refractivity contribution in [1.29, 1.82) is 0 Å². The average Bonchev–Trinajstić information content (AvgIpc) is 2.19. The Morgan fingerprint density at radius 1 is 1.46 bits per heavy atom. The summed E-state index contributed by atoms with van der Waals surface area (Å²) in [6.07, 6.45) is 6.00. The van der Waals surface area contributed by atoms with Crippen LogP contribution in [0.25, 0.3) is 0 Å². The van der Waals surface area contributed by atoms with Gasteiger partial charge < -0.3 is 5.73 Å². The Kier molecular flexibility index (Phi) is 1.73. The Bertz CT molecular complexity index is 250. The first kappa shape index (κ1) is 9.04. The van der Waals surface area contributed by atoms with E-state index >= 15 is 0 Å². The van der Waals surface area contributed by atoms with Gasteiger partial charge in [0.15, 0.2) is 0 Å². The largest absolute Gasteiger partial charge is 0.369 e. The summed E-state index contributed by atoms with van der Waals surface area (Å²) in [4.78, 5) is 11.4. The lowest BCUT2D eigenvalue weighted by Crippen LogP contribution is -2.37. The van der Waals surface area contributed by atoms with Crippen LogP contribution in [0.5, 0.6) is 0 Å². The molecule has 2 rings (SSSR count). The molecule has 2 heteroatoms. The maximum absolute atomic E-state index is 11.4. The Morgan fingerprint density at radius 2 is 2.15 bits per heavy atom. The Labute approximate surface area is 79.9 Å². The van der Waals surface area contributed by atoms with Crippen molar-refractivity contribution < 1.29 is 4.79 Å². The van der Waals surface area contributed by atoms with E-state index in [0.717, 1.165) is 6.42 Å². The lowest BCUT2D eigenvalue weighted by Gasteiger charge is -2.29. The van der Waals surface area contributed by atoms with E-state index in [1.165, 1.54) is 25.7 Å². The molecule has 0 aromatic rings. The fourth-order valence-corrected chi connectivity index (χ4v) is 3.60. The number of nitrogens with two attached hydrogens (primary N) is 1. The highest BCUT2D eigenvalue weighted by Crippen LogP contribution is 2.59. The summed E-state index contributed by atoms with van der Waals surface area (Å²) >= 11 is 0. The van der Waals surface area contributed by atoms with Gasteiger partial charge in [0, 0.05) is 5.41 Å². The van der Waals surface area contributed by atoms with Gasteiger partial charge in [-0.15, -0.1) is 0 Å². The van der Waals surface area contributed by atoms with Crippen LogP contribution in [0.1, 0.15) is 46.0 Å². The Balaban J connectivity index is 2.30. The molecule has 0 aromatic carbocycles. The van der Waals surface area contributed by atoms with Crippen molar-refractivity contribution in [2.24, 2.45) is 22.5 Å². The van der Waals surface area contributed by atoms with Crippen molar-refractivity contribution in [3.05, 3.63) is 0 Å². The van der Waals surface area contributed by atoms with Gasteiger partial charge in [0.1, 0.15) is 0 Å². The van der Waals surface area contributed by atoms with E-state index in [-0.39, 0.29) is 11.3 Å². The molecule has 2 nitrogen and oxygen atoms in total. The summed E-state index contributed by atoms with van der Waals surface area (Å²) in [5.74, 6) is 0.479. The average molecular weight is 181 g/mol. The predicted octanol–water partition coefficient (Wildman–Crippen LogP) is 2.08. The Morgan fingerprint density at radius 3 is 2.69 bits per heavy atom. The minimum Gasteiger partial charge on any atom is -0.369 e. The van der Waals surface area contributed by atoms with Gasteiger partial charge >= 0.3 is 0 Å². The van der Waals surface area contributed by atoms with Crippen LogP contribution in [0, 0.1) is 16.7 Å². The number of carbonyl (C=O) groups excluding carboxylic acids is 1. The molecule has 0 aromatic heterocycles. The highest BCUT2D eigenvalue weighted by molar-refractivity contribution is 5.81. The number of rotatable bonds is 1. The van der Waals surface area contributed by atoms with Crippen molar-refractivity contribution in [2.45, 2.75) is 46.0 Å². The van der Waals surface area contributed by atoms with Crippen LogP contribution in [-0.4, -0.2) is 5.91 Å². The monoisotopic (exact) mass is 181 g/mol. The number of hydrogen-bond acceptors (Lipinski definition) is 1. The zero-order chi connectivity index (χ0) is 9.69.